The highest BCUT2D eigenvalue weighted by Crippen LogP contribution is 2.33. The fourth-order valence-electron chi connectivity index (χ4n) is 4.13. The zero-order valence-corrected chi connectivity index (χ0v) is 20.1. The van der Waals surface area contributed by atoms with E-state index in [1.165, 1.54) is 54.9 Å². The van der Waals surface area contributed by atoms with E-state index in [9.17, 15) is 0 Å². The van der Waals surface area contributed by atoms with Gasteiger partial charge in [0.2, 0.25) is 0 Å². The molecule has 0 unspecified atom stereocenters. The van der Waals surface area contributed by atoms with E-state index in [0.29, 0.717) is 12.1 Å². The molecule has 0 bridgehead atoms. The van der Waals surface area contributed by atoms with E-state index >= 15 is 0 Å². The summed E-state index contributed by atoms with van der Waals surface area (Å²) < 4.78 is 0. The van der Waals surface area contributed by atoms with E-state index in [4.69, 9.17) is 0 Å². The minimum Gasteiger partial charge on any atom is -0.308 e. The van der Waals surface area contributed by atoms with Gasteiger partial charge in [-0.1, -0.05) is 25.0 Å². The van der Waals surface area contributed by atoms with Crippen LogP contribution in [-0.2, 0) is 13.1 Å². The maximum Gasteiger partial charge on any atom is 0.0445 e. The van der Waals surface area contributed by atoms with Crippen LogP contribution in [0.1, 0.15) is 35.4 Å². The maximum absolute atomic E-state index is 3.87. The smallest absolute Gasteiger partial charge is 0.0445 e. The number of rotatable bonds is 8. The summed E-state index contributed by atoms with van der Waals surface area (Å²) in [6.45, 7) is 1.95. The largest absolute Gasteiger partial charge is 0.308 e. The summed E-state index contributed by atoms with van der Waals surface area (Å²) in [5.74, 6) is 0. The Kier molecular flexibility index (Phi) is 6.80. The number of thiophene rings is 4. The second-order valence-corrected chi connectivity index (χ2v) is 12.0. The first-order valence-electron chi connectivity index (χ1n) is 10.6. The van der Waals surface area contributed by atoms with Gasteiger partial charge in [-0.25, -0.2) is 0 Å². The van der Waals surface area contributed by atoms with Crippen molar-refractivity contribution in [2.24, 2.45) is 0 Å². The third kappa shape index (κ3) is 4.96. The first-order chi connectivity index (χ1) is 14.8. The number of hydrogen-bond acceptors (Lipinski definition) is 6. The second kappa shape index (κ2) is 9.90. The molecule has 156 valence electrons. The predicted octanol–water partition coefficient (Wildman–Crippen LogP) is 7.46. The highest BCUT2D eigenvalue weighted by atomic mass is 32.1. The van der Waals surface area contributed by atoms with E-state index < -0.39 is 0 Å². The van der Waals surface area contributed by atoms with Crippen molar-refractivity contribution in [2.75, 3.05) is 0 Å². The molecule has 0 saturated heterocycles. The van der Waals surface area contributed by atoms with Crippen molar-refractivity contribution >= 4 is 45.3 Å². The Balaban J connectivity index is 1.16. The minimum absolute atomic E-state index is 0.558. The predicted molar refractivity (Wildman–Crippen MR) is 135 cm³/mol. The molecular weight excluding hydrogens is 445 g/mol. The molecule has 4 aromatic rings. The summed E-state index contributed by atoms with van der Waals surface area (Å²) in [7, 11) is 0. The molecule has 4 heterocycles. The van der Waals surface area contributed by atoms with E-state index in [2.05, 4.69) is 69.9 Å². The SMILES string of the molecule is c1csc(-c2ccc(CN[C@@H]3CCCC[C@H]3NCc3ccc(-c4cccs4)s3)s2)c1. The molecule has 4 aromatic heterocycles. The number of hydrogen-bond donors (Lipinski definition) is 2. The minimum atomic E-state index is 0.558. The first kappa shape index (κ1) is 20.6. The molecule has 2 nitrogen and oxygen atoms in total. The normalized spacial score (nSPS) is 19.3. The molecule has 1 aliphatic carbocycles. The Bertz CT molecular complexity index is 945. The average molecular weight is 471 g/mol. The van der Waals surface area contributed by atoms with Crippen LogP contribution in [0.25, 0.3) is 19.5 Å². The molecular formula is C24H26N2S4. The van der Waals surface area contributed by atoms with Crippen molar-refractivity contribution in [3.05, 3.63) is 69.0 Å². The van der Waals surface area contributed by atoms with Crippen molar-refractivity contribution in [2.45, 2.75) is 50.9 Å². The lowest BCUT2D eigenvalue weighted by atomic mass is 9.90. The fourth-order valence-corrected chi connectivity index (χ4v) is 7.72. The van der Waals surface area contributed by atoms with E-state index in [1.54, 1.807) is 0 Å². The molecule has 2 N–H and O–H groups in total. The molecule has 6 heteroatoms. The Morgan fingerprint density at radius 2 is 1.13 bits per heavy atom. The van der Waals surface area contributed by atoms with Gasteiger partial charge in [0.1, 0.15) is 0 Å². The van der Waals surface area contributed by atoms with Gasteiger partial charge < -0.3 is 10.6 Å². The van der Waals surface area contributed by atoms with E-state index in [1.807, 2.05) is 45.3 Å². The lowest BCUT2D eigenvalue weighted by Crippen LogP contribution is -2.49. The van der Waals surface area contributed by atoms with Crippen LogP contribution >= 0.6 is 45.3 Å². The van der Waals surface area contributed by atoms with Gasteiger partial charge in [-0.15, -0.1) is 45.3 Å². The first-order valence-corrected chi connectivity index (χ1v) is 14.0. The summed E-state index contributed by atoms with van der Waals surface area (Å²) in [6, 6.07) is 18.9. The third-order valence-electron chi connectivity index (χ3n) is 5.69. The molecule has 2 atom stereocenters. The zero-order chi connectivity index (χ0) is 20.2. The molecule has 1 aliphatic rings. The van der Waals surface area contributed by atoms with Crippen molar-refractivity contribution in [3.63, 3.8) is 0 Å². The van der Waals surface area contributed by atoms with Crippen LogP contribution in [0.15, 0.2) is 59.3 Å². The zero-order valence-electron chi connectivity index (χ0n) is 16.8. The van der Waals surface area contributed by atoms with Crippen LogP contribution in [0.5, 0.6) is 0 Å². The molecule has 1 saturated carbocycles. The highest BCUT2D eigenvalue weighted by Gasteiger charge is 2.24. The van der Waals surface area contributed by atoms with Gasteiger partial charge in [0.15, 0.2) is 0 Å². The lowest BCUT2D eigenvalue weighted by Gasteiger charge is -2.33. The van der Waals surface area contributed by atoms with E-state index in [-0.39, 0.29) is 0 Å². The summed E-state index contributed by atoms with van der Waals surface area (Å²) in [4.78, 5) is 8.39. The molecule has 0 aliphatic heterocycles. The fraction of sp³-hybridized carbons (Fsp3) is 0.333. The molecule has 1 fully saturated rings. The third-order valence-corrected chi connectivity index (χ3v) is 10.00. The van der Waals surface area contributed by atoms with Gasteiger partial charge in [0.05, 0.1) is 0 Å². The standard InChI is InChI=1S/C24H26N2S4/c1-2-6-20(26-16-18-10-12-24(30-18)22-8-4-14-28-22)19(5-1)25-15-17-9-11-23(29-17)21-7-3-13-27-21/h3-4,7-14,19-20,25-26H,1-2,5-6,15-16H2/t19-,20-/m1/s1. The van der Waals surface area contributed by atoms with Crippen LogP contribution in [0.4, 0.5) is 0 Å². The Labute approximate surface area is 194 Å². The quantitative estimate of drug-likeness (QED) is 0.279. The van der Waals surface area contributed by atoms with Crippen LogP contribution in [0.3, 0.4) is 0 Å². The average Bonchev–Trinajstić information content (AvgIpc) is 3.57. The second-order valence-electron chi connectivity index (χ2n) is 7.75. The molecule has 0 aromatic carbocycles. The van der Waals surface area contributed by atoms with Crippen LogP contribution in [-0.4, -0.2) is 12.1 Å². The van der Waals surface area contributed by atoms with Gasteiger partial charge in [0.25, 0.3) is 0 Å². The van der Waals surface area contributed by atoms with Crippen molar-refractivity contribution < 1.29 is 0 Å². The van der Waals surface area contributed by atoms with Gasteiger partial charge in [-0.3, -0.25) is 0 Å². The summed E-state index contributed by atoms with van der Waals surface area (Å²) in [5, 5.41) is 12.0. The van der Waals surface area contributed by atoms with E-state index in [0.717, 1.165) is 13.1 Å². The summed E-state index contributed by atoms with van der Waals surface area (Å²) in [6.07, 6.45) is 5.21. The Hall–Kier alpha value is -1.28. The van der Waals surface area contributed by atoms with Crippen LogP contribution in [0.2, 0.25) is 0 Å². The molecule has 5 rings (SSSR count). The van der Waals surface area contributed by atoms with Crippen molar-refractivity contribution in [1.29, 1.82) is 0 Å². The van der Waals surface area contributed by atoms with Gasteiger partial charge >= 0.3 is 0 Å². The maximum atomic E-state index is 3.87. The Morgan fingerprint density at radius 3 is 1.57 bits per heavy atom. The number of nitrogens with one attached hydrogen (secondary N) is 2. The van der Waals surface area contributed by atoms with Crippen molar-refractivity contribution in [3.8, 4) is 19.5 Å². The van der Waals surface area contributed by atoms with Crippen LogP contribution in [0, 0.1) is 0 Å². The van der Waals surface area contributed by atoms with Crippen LogP contribution < -0.4 is 10.6 Å². The Morgan fingerprint density at radius 1 is 0.633 bits per heavy atom. The van der Waals surface area contributed by atoms with Gasteiger partial charge in [0, 0.05) is 54.4 Å². The lowest BCUT2D eigenvalue weighted by molar-refractivity contribution is 0.282. The molecule has 0 radical (unpaired) electrons. The molecule has 30 heavy (non-hydrogen) atoms. The summed E-state index contributed by atoms with van der Waals surface area (Å²) in [5.41, 5.74) is 0. The topological polar surface area (TPSA) is 24.1 Å². The van der Waals surface area contributed by atoms with Crippen molar-refractivity contribution in [1.82, 2.24) is 10.6 Å². The highest BCUT2D eigenvalue weighted by molar-refractivity contribution is 7.21. The van der Waals surface area contributed by atoms with Gasteiger partial charge in [-0.05, 0) is 60.0 Å². The molecule has 0 spiro atoms. The molecule has 0 amide bonds. The summed E-state index contributed by atoms with van der Waals surface area (Å²) >= 11 is 7.49. The monoisotopic (exact) mass is 470 g/mol. The van der Waals surface area contributed by atoms with Gasteiger partial charge in [-0.2, -0.15) is 0 Å².